The molecule has 2 aromatic rings. The zero-order valence-electron chi connectivity index (χ0n) is 10.8. The molecule has 100 valence electrons. The van der Waals surface area contributed by atoms with E-state index < -0.39 is 0 Å². The van der Waals surface area contributed by atoms with Gasteiger partial charge in [0.25, 0.3) is 0 Å². The van der Waals surface area contributed by atoms with Crippen LogP contribution < -0.4 is 10.5 Å². The topological polar surface area (TPSA) is 35.2 Å². The van der Waals surface area contributed by atoms with E-state index in [1.165, 1.54) is 17.7 Å². The second-order valence-corrected chi connectivity index (χ2v) is 5.38. The lowest BCUT2D eigenvalue weighted by atomic mass is 10.1. The summed E-state index contributed by atoms with van der Waals surface area (Å²) in [4.78, 5) is 0. The SMILES string of the molecule is Cc1ccc(C)c(COc2c(N)cc(F)cc2Br)c1. The van der Waals surface area contributed by atoms with Crippen LogP contribution in [-0.2, 0) is 6.61 Å². The molecule has 0 aliphatic heterocycles. The zero-order valence-corrected chi connectivity index (χ0v) is 12.4. The van der Waals surface area contributed by atoms with Gasteiger partial charge in [-0.05, 0) is 47.0 Å². The van der Waals surface area contributed by atoms with E-state index in [0.717, 1.165) is 11.1 Å². The Hall–Kier alpha value is -1.55. The Kier molecular flexibility index (Phi) is 4.10. The van der Waals surface area contributed by atoms with Crippen LogP contribution in [0.15, 0.2) is 34.8 Å². The highest BCUT2D eigenvalue weighted by molar-refractivity contribution is 9.10. The van der Waals surface area contributed by atoms with Gasteiger partial charge in [-0.3, -0.25) is 0 Å². The summed E-state index contributed by atoms with van der Waals surface area (Å²) in [7, 11) is 0. The Morgan fingerprint density at radius 2 is 1.95 bits per heavy atom. The number of hydrogen-bond donors (Lipinski definition) is 1. The Balaban J connectivity index is 2.21. The molecular weight excluding hydrogens is 309 g/mol. The van der Waals surface area contributed by atoms with Gasteiger partial charge in [-0.2, -0.15) is 0 Å². The molecule has 0 aliphatic carbocycles. The smallest absolute Gasteiger partial charge is 0.157 e. The Labute approximate surface area is 120 Å². The van der Waals surface area contributed by atoms with Crippen molar-refractivity contribution in [3.05, 3.63) is 57.3 Å². The lowest BCUT2D eigenvalue weighted by Gasteiger charge is -2.13. The predicted octanol–water partition coefficient (Wildman–Crippen LogP) is 4.37. The number of benzene rings is 2. The second kappa shape index (κ2) is 5.61. The lowest BCUT2D eigenvalue weighted by molar-refractivity contribution is 0.304. The first-order valence-corrected chi connectivity index (χ1v) is 6.70. The maximum absolute atomic E-state index is 13.1. The number of aryl methyl sites for hydroxylation is 2. The van der Waals surface area contributed by atoms with Gasteiger partial charge in [-0.25, -0.2) is 4.39 Å². The van der Waals surface area contributed by atoms with Crippen molar-refractivity contribution in [2.24, 2.45) is 0 Å². The van der Waals surface area contributed by atoms with Gasteiger partial charge < -0.3 is 10.5 Å². The van der Waals surface area contributed by atoms with E-state index in [0.29, 0.717) is 16.8 Å². The summed E-state index contributed by atoms with van der Waals surface area (Å²) in [6.07, 6.45) is 0. The van der Waals surface area contributed by atoms with Crippen molar-refractivity contribution < 1.29 is 9.13 Å². The zero-order chi connectivity index (χ0) is 14.0. The second-order valence-electron chi connectivity index (χ2n) is 4.52. The molecule has 2 nitrogen and oxygen atoms in total. The minimum atomic E-state index is -0.386. The number of ether oxygens (including phenoxy) is 1. The molecule has 0 unspecified atom stereocenters. The van der Waals surface area contributed by atoms with Gasteiger partial charge in [0.1, 0.15) is 12.4 Å². The normalized spacial score (nSPS) is 10.5. The van der Waals surface area contributed by atoms with Crippen LogP contribution in [-0.4, -0.2) is 0 Å². The third kappa shape index (κ3) is 3.26. The molecule has 0 aliphatic rings. The quantitative estimate of drug-likeness (QED) is 0.851. The van der Waals surface area contributed by atoms with Crippen molar-refractivity contribution in [3.8, 4) is 5.75 Å². The van der Waals surface area contributed by atoms with Crippen LogP contribution in [0.5, 0.6) is 5.75 Å². The van der Waals surface area contributed by atoms with Crippen LogP contribution in [0.3, 0.4) is 0 Å². The summed E-state index contributed by atoms with van der Waals surface area (Å²) < 4.78 is 19.4. The van der Waals surface area contributed by atoms with E-state index in [2.05, 4.69) is 34.1 Å². The number of nitrogens with two attached hydrogens (primary N) is 1. The predicted molar refractivity (Wildman–Crippen MR) is 78.8 cm³/mol. The van der Waals surface area contributed by atoms with Gasteiger partial charge in [0.15, 0.2) is 5.75 Å². The highest BCUT2D eigenvalue weighted by Crippen LogP contribution is 2.33. The summed E-state index contributed by atoms with van der Waals surface area (Å²) >= 11 is 3.26. The molecule has 19 heavy (non-hydrogen) atoms. The highest BCUT2D eigenvalue weighted by atomic mass is 79.9. The van der Waals surface area contributed by atoms with Crippen LogP contribution in [0.2, 0.25) is 0 Å². The third-order valence-electron chi connectivity index (χ3n) is 2.91. The van der Waals surface area contributed by atoms with Gasteiger partial charge in [-0.15, -0.1) is 0 Å². The van der Waals surface area contributed by atoms with Crippen molar-refractivity contribution in [1.82, 2.24) is 0 Å². The minimum absolute atomic E-state index is 0.289. The maximum atomic E-state index is 13.1. The molecule has 0 spiro atoms. The van der Waals surface area contributed by atoms with E-state index in [9.17, 15) is 4.39 Å². The molecule has 2 rings (SSSR count). The summed E-state index contributed by atoms with van der Waals surface area (Å²) in [6.45, 7) is 4.47. The molecule has 0 heterocycles. The molecule has 0 amide bonds. The van der Waals surface area contributed by atoms with E-state index in [4.69, 9.17) is 10.5 Å². The van der Waals surface area contributed by atoms with Crippen LogP contribution in [0.4, 0.5) is 10.1 Å². The summed E-state index contributed by atoms with van der Waals surface area (Å²) in [5.74, 6) is 0.0887. The summed E-state index contributed by atoms with van der Waals surface area (Å²) in [6, 6.07) is 8.78. The average molecular weight is 324 g/mol. The number of halogens is 2. The number of hydrogen-bond acceptors (Lipinski definition) is 2. The van der Waals surface area contributed by atoms with Crippen molar-refractivity contribution in [1.29, 1.82) is 0 Å². The third-order valence-corrected chi connectivity index (χ3v) is 3.50. The monoisotopic (exact) mass is 323 g/mol. The van der Waals surface area contributed by atoms with E-state index >= 15 is 0 Å². The van der Waals surface area contributed by atoms with Gasteiger partial charge >= 0.3 is 0 Å². The standard InChI is InChI=1S/C15H15BrFNO/c1-9-3-4-10(2)11(5-9)8-19-15-13(16)6-12(17)7-14(15)18/h3-7H,8,18H2,1-2H3. The van der Waals surface area contributed by atoms with Crippen molar-refractivity contribution in [2.45, 2.75) is 20.5 Å². The van der Waals surface area contributed by atoms with E-state index in [1.807, 2.05) is 13.8 Å². The van der Waals surface area contributed by atoms with Gasteiger partial charge in [-0.1, -0.05) is 23.8 Å². The highest BCUT2D eigenvalue weighted by Gasteiger charge is 2.09. The van der Waals surface area contributed by atoms with Crippen LogP contribution in [0, 0.1) is 19.7 Å². The van der Waals surface area contributed by atoms with Crippen LogP contribution in [0.25, 0.3) is 0 Å². The van der Waals surface area contributed by atoms with E-state index in [-0.39, 0.29) is 11.5 Å². The van der Waals surface area contributed by atoms with Crippen molar-refractivity contribution in [3.63, 3.8) is 0 Å². The van der Waals surface area contributed by atoms with Crippen LogP contribution >= 0.6 is 15.9 Å². The number of nitrogen functional groups attached to an aromatic ring is 1. The fraction of sp³-hybridized carbons (Fsp3) is 0.200. The van der Waals surface area contributed by atoms with E-state index in [1.54, 1.807) is 0 Å². The molecule has 0 saturated heterocycles. The molecule has 4 heteroatoms. The number of rotatable bonds is 3. The van der Waals surface area contributed by atoms with Crippen molar-refractivity contribution in [2.75, 3.05) is 5.73 Å². The first-order chi connectivity index (χ1) is 8.97. The summed E-state index contributed by atoms with van der Waals surface area (Å²) in [5.41, 5.74) is 9.47. The molecule has 0 atom stereocenters. The maximum Gasteiger partial charge on any atom is 0.157 e. The largest absolute Gasteiger partial charge is 0.486 e. The minimum Gasteiger partial charge on any atom is -0.486 e. The van der Waals surface area contributed by atoms with Gasteiger partial charge in [0.2, 0.25) is 0 Å². The first kappa shape index (κ1) is 13.9. The first-order valence-electron chi connectivity index (χ1n) is 5.91. The molecule has 0 fully saturated rings. The molecule has 2 N–H and O–H groups in total. The Morgan fingerprint density at radius 3 is 2.63 bits per heavy atom. The molecule has 0 radical (unpaired) electrons. The van der Waals surface area contributed by atoms with Crippen molar-refractivity contribution >= 4 is 21.6 Å². The van der Waals surface area contributed by atoms with Gasteiger partial charge in [0.05, 0.1) is 10.2 Å². The fourth-order valence-electron chi connectivity index (χ4n) is 1.84. The molecule has 0 saturated carbocycles. The molecular formula is C15H15BrFNO. The van der Waals surface area contributed by atoms with Gasteiger partial charge in [0, 0.05) is 6.07 Å². The van der Waals surface area contributed by atoms with Crippen LogP contribution in [0.1, 0.15) is 16.7 Å². The Morgan fingerprint density at radius 1 is 1.21 bits per heavy atom. The fourth-order valence-corrected chi connectivity index (χ4v) is 2.40. The Bertz CT molecular complexity index is 590. The number of anilines is 1. The average Bonchev–Trinajstić information content (AvgIpc) is 2.32. The molecule has 2 aromatic carbocycles. The summed E-state index contributed by atoms with van der Waals surface area (Å²) in [5, 5.41) is 0. The lowest BCUT2D eigenvalue weighted by Crippen LogP contribution is -2.02. The molecule has 0 aromatic heterocycles. The molecule has 0 bridgehead atoms.